The van der Waals surface area contributed by atoms with Gasteiger partial charge in [-0.1, -0.05) is 26.8 Å². The number of nitrogens with zero attached hydrogens (tertiary/aromatic N) is 1. The number of carbonyl (C=O) groups is 4. The van der Waals surface area contributed by atoms with Gasteiger partial charge in [-0.15, -0.1) is 0 Å². The third-order valence-electron chi connectivity index (χ3n) is 7.58. The standard InChI is InChI=1S/C30H47N3O13S/c1-7-25(38)32-23-12-22(13-43-29(39)33(10-11-47(6,40)41)17-42-16-30(31,14-34)15-35)8-9-24(23)45-28-27(44-21(5)37)19(3)18(2)26(46-28)20(4)36/h8-9,12,18-19,26-28,34-35H,7,10-11,13-17,31H2,1-6H3,(H,32,38)/t18-,19-,26-,27+,28+/m0/s1. The molecule has 1 aromatic carbocycles. The highest BCUT2D eigenvalue weighted by Crippen LogP contribution is 2.36. The van der Waals surface area contributed by atoms with E-state index in [2.05, 4.69) is 5.32 Å². The molecule has 1 saturated heterocycles. The summed E-state index contributed by atoms with van der Waals surface area (Å²) in [5, 5.41) is 21.4. The zero-order valence-electron chi connectivity index (χ0n) is 27.6. The molecule has 1 aliphatic heterocycles. The van der Waals surface area contributed by atoms with E-state index in [0.717, 1.165) is 11.2 Å². The number of amides is 2. The first-order chi connectivity index (χ1) is 21.9. The number of hydrogen-bond donors (Lipinski definition) is 4. The van der Waals surface area contributed by atoms with E-state index in [4.69, 9.17) is 29.4 Å². The Morgan fingerprint density at radius 1 is 1.11 bits per heavy atom. The van der Waals surface area contributed by atoms with Crippen molar-refractivity contribution in [1.82, 2.24) is 4.90 Å². The Balaban J connectivity index is 2.28. The van der Waals surface area contributed by atoms with Crippen LogP contribution >= 0.6 is 0 Å². The van der Waals surface area contributed by atoms with Crippen LogP contribution in [0.5, 0.6) is 5.75 Å². The number of carbonyl (C=O) groups excluding carboxylic acids is 4. The van der Waals surface area contributed by atoms with Gasteiger partial charge in [-0.25, -0.2) is 13.2 Å². The molecule has 0 spiro atoms. The lowest BCUT2D eigenvalue weighted by molar-refractivity contribution is -0.241. The maximum Gasteiger partial charge on any atom is 0.411 e. The van der Waals surface area contributed by atoms with Gasteiger partial charge < -0.3 is 44.9 Å². The number of sulfone groups is 1. The van der Waals surface area contributed by atoms with Crippen molar-refractivity contribution >= 4 is 39.3 Å². The molecule has 0 aliphatic carbocycles. The molecular formula is C30H47N3O13S. The van der Waals surface area contributed by atoms with Crippen LogP contribution in [0, 0.1) is 11.8 Å². The molecule has 16 nitrogen and oxygen atoms in total. The monoisotopic (exact) mass is 689 g/mol. The summed E-state index contributed by atoms with van der Waals surface area (Å²) in [5.41, 5.74) is 4.91. The van der Waals surface area contributed by atoms with Gasteiger partial charge in [0.25, 0.3) is 0 Å². The molecule has 0 radical (unpaired) electrons. The third kappa shape index (κ3) is 12.3. The lowest BCUT2D eigenvalue weighted by Gasteiger charge is -2.42. The predicted molar refractivity (Wildman–Crippen MR) is 168 cm³/mol. The molecule has 1 fully saturated rings. The second-order valence-corrected chi connectivity index (χ2v) is 14.0. The molecule has 2 amide bonds. The number of rotatable bonds is 17. The fraction of sp³-hybridized carbons (Fsp3) is 0.667. The molecule has 0 unspecified atom stereocenters. The number of nitrogens with two attached hydrogens (primary N) is 1. The number of aliphatic hydroxyl groups excluding tert-OH is 2. The maximum atomic E-state index is 13.0. The molecule has 5 N–H and O–H groups in total. The molecule has 1 aliphatic rings. The van der Waals surface area contributed by atoms with Crippen LogP contribution in [0.2, 0.25) is 0 Å². The predicted octanol–water partition coefficient (Wildman–Crippen LogP) is 0.571. The average Bonchev–Trinajstić information content (AvgIpc) is 3.00. The summed E-state index contributed by atoms with van der Waals surface area (Å²) >= 11 is 0. The van der Waals surface area contributed by atoms with E-state index in [1.54, 1.807) is 13.0 Å². The first-order valence-electron chi connectivity index (χ1n) is 15.0. The first-order valence-corrected chi connectivity index (χ1v) is 17.1. The van der Waals surface area contributed by atoms with Crippen LogP contribution < -0.4 is 15.8 Å². The lowest BCUT2D eigenvalue weighted by atomic mass is 9.82. The molecule has 0 saturated carbocycles. The van der Waals surface area contributed by atoms with Gasteiger partial charge in [0.05, 0.1) is 36.8 Å². The molecule has 47 heavy (non-hydrogen) atoms. The zero-order valence-corrected chi connectivity index (χ0v) is 28.4. The van der Waals surface area contributed by atoms with Gasteiger partial charge in [-0.3, -0.25) is 19.3 Å². The topological polar surface area (TPSA) is 230 Å². The van der Waals surface area contributed by atoms with Gasteiger partial charge >= 0.3 is 12.1 Å². The summed E-state index contributed by atoms with van der Waals surface area (Å²) in [6, 6.07) is 4.53. The minimum Gasteiger partial charge on any atom is -0.459 e. The highest BCUT2D eigenvalue weighted by atomic mass is 32.2. The number of ketones is 1. The van der Waals surface area contributed by atoms with Crippen LogP contribution in [-0.4, -0.2) is 116 Å². The maximum absolute atomic E-state index is 13.0. The second-order valence-electron chi connectivity index (χ2n) is 11.8. The van der Waals surface area contributed by atoms with Gasteiger partial charge in [0, 0.05) is 32.1 Å². The number of esters is 1. The molecule has 266 valence electrons. The largest absolute Gasteiger partial charge is 0.459 e. The number of Topliss-reactive ketones (excluding diaryl/α,β-unsaturated/α-hetero) is 1. The van der Waals surface area contributed by atoms with Crippen molar-refractivity contribution < 1.29 is 61.5 Å². The minimum atomic E-state index is -3.47. The highest BCUT2D eigenvalue weighted by Gasteiger charge is 2.46. The number of aliphatic hydroxyl groups is 2. The average molecular weight is 690 g/mol. The summed E-state index contributed by atoms with van der Waals surface area (Å²) in [7, 11) is -3.47. The van der Waals surface area contributed by atoms with Crippen molar-refractivity contribution in [3.63, 3.8) is 0 Å². The molecule has 1 aromatic rings. The van der Waals surface area contributed by atoms with Crippen molar-refractivity contribution in [3.8, 4) is 5.75 Å². The number of benzene rings is 1. The molecule has 2 rings (SSSR count). The van der Waals surface area contributed by atoms with Crippen LogP contribution in [0.15, 0.2) is 18.2 Å². The number of ether oxygens (including phenoxy) is 5. The second kappa shape index (κ2) is 17.7. The summed E-state index contributed by atoms with van der Waals surface area (Å²) in [5.74, 6) is -2.01. The Morgan fingerprint density at radius 2 is 1.77 bits per heavy atom. The Hall–Kier alpha value is -3.35. The lowest BCUT2D eigenvalue weighted by Crippen LogP contribution is -2.55. The summed E-state index contributed by atoms with van der Waals surface area (Å²) in [6.45, 7) is 5.36. The van der Waals surface area contributed by atoms with E-state index in [9.17, 15) is 37.8 Å². The van der Waals surface area contributed by atoms with Gasteiger partial charge in [0.1, 0.15) is 35.0 Å². The Kier molecular flexibility index (Phi) is 15.0. The Labute approximate surface area is 274 Å². The SMILES string of the molecule is CCC(=O)Nc1cc(COC(=O)N(CCS(C)(=O)=O)COCC(N)(CO)CO)ccc1O[C@@H]1O[C@H](C(C)=O)[C@@H](C)[C@H](C)[C@H]1OC(C)=O. The number of anilines is 1. The van der Waals surface area contributed by atoms with E-state index in [0.29, 0.717) is 5.56 Å². The van der Waals surface area contributed by atoms with E-state index in [1.165, 1.54) is 26.0 Å². The van der Waals surface area contributed by atoms with Crippen LogP contribution in [0.1, 0.15) is 46.6 Å². The van der Waals surface area contributed by atoms with E-state index in [-0.39, 0.29) is 61.1 Å². The van der Waals surface area contributed by atoms with Gasteiger partial charge in [-0.05, 0) is 30.5 Å². The van der Waals surface area contributed by atoms with E-state index in [1.807, 2.05) is 13.8 Å². The molecule has 0 aromatic heterocycles. The molecule has 0 bridgehead atoms. The molecular weight excluding hydrogens is 642 g/mol. The van der Waals surface area contributed by atoms with E-state index < -0.39 is 71.6 Å². The van der Waals surface area contributed by atoms with Crippen molar-refractivity contribution in [3.05, 3.63) is 23.8 Å². The molecule has 5 atom stereocenters. The molecule has 17 heteroatoms. The fourth-order valence-corrected chi connectivity index (χ4v) is 5.09. The summed E-state index contributed by atoms with van der Waals surface area (Å²) in [4.78, 5) is 50.6. The number of hydrogen-bond acceptors (Lipinski definition) is 14. The third-order valence-corrected chi connectivity index (χ3v) is 8.50. The fourth-order valence-electron chi connectivity index (χ4n) is 4.54. The quantitative estimate of drug-likeness (QED) is 0.129. The summed E-state index contributed by atoms with van der Waals surface area (Å²) in [6.07, 6.45) is -2.68. The minimum absolute atomic E-state index is 0.127. The van der Waals surface area contributed by atoms with E-state index >= 15 is 0 Å². The van der Waals surface area contributed by atoms with Crippen LogP contribution in [0.25, 0.3) is 0 Å². The molecule has 1 heterocycles. The normalized spacial score (nSPS) is 21.4. The van der Waals surface area contributed by atoms with Crippen molar-refractivity contribution in [2.24, 2.45) is 17.6 Å². The smallest absolute Gasteiger partial charge is 0.411 e. The van der Waals surface area contributed by atoms with Crippen molar-refractivity contribution in [2.75, 3.05) is 50.4 Å². The van der Waals surface area contributed by atoms with Gasteiger partial charge in [0.15, 0.2) is 11.9 Å². The Bertz CT molecular complexity index is 1350. The summed E-state index contributed by atoms with van der Waals surface area (Å²) < 4.78 is 51.8. The Morgan fingerprint density at radius 3 is 2.32 bits per heavy atom. The highest BCUT2D eigenvalue weighted by molar-refractivity contribution is 7.90. The van der Waals surface area contributed by atoms with Crippen molar-refractivity contribution in [2.45, 2.75) is 71.7 Å². The van der Waals surface area contributed by atoms with Gasteiger partial charge in [-0.2, -0.15) is 0 Å². The van der Waals surface area contributed by atoms with Crippen LogP contribution in [-0.2, 0) is 49.8 Å². The van der Waals surface area contributed by atoms with Crippen LogP contribution in [0.4, 0.5) is 10.5 Å². The first kappa shape index (κ1) is 39.8. The number of nitrogens with one attached hydrogen (secondary N) is 1. The zero-order chi connectivity index (χ0) is 35.5. The van der Waals surface area contributed by atoms with Gasteiger partial charge in [0.2, 0.25) is 12.2 Å². The van der Waals surface area contributed by atoms with Crippen LogP contribution in [0.3, 0.4) is 0 Å². The van der Waals surface area contributed by atoms with Crippen molar-refractivity contribution in [1.29, 1.82) is 0 Å².